The molecule has 3 N–H and O–H groups in total. The molecule has 1 aromatic heterocycles. The Morgan fingerprint density at radius 1 is 1.79 bits per heavy atom. The predicted molar refractivity (Wildman–Crippen MR) is 56.7 cm³/mol. The standard InChI is InChI=1S/C9H11N3OS/c1-7(13)11-5-3-2-4-8-6-12-9(10)14-8/h6H,3,5H2,1H3,(H2,10,12)(H,11,13). The second kappa shape index (κ2) is 5.25. The molecule has 0 aliphatic heterocycles. The van der Waals surface area contributed by atoms with Crippen molar-refractivity contribution in [3.63, 3.8) is 0 Å². The first-order valence-corrected chi connectivity index (χ1v) is 4.95. The molecule has 0 radical (unpaired) electrons. The first kappa shape index (κ1) is 10.5. The Kier molecular flexibility index (Phi) is 3.95. The van der Waals surface area contributed by atoms with Crippen LogP contribution in [-0.4, -0.2) is 17.4 Å². The van der Waals surface area contributed by atoms with Gasteiger partial charge in [-0.3, -0.25) is 4.79 Å². The molecule has 5 heteroatoms. The zero-order chi connectivity index (χ0) is 10.4. The van der Waals surface area contributed by atoms with Crippen molar-refractivity contribution < 1.29 is 4.79 Å². The molecule has 0 unspecified atom stereocenters. The molecule has 1 amide bonds. The number of anilines is 1. The van der Waals surface area contributed by atoms with E-state index in [2.05, 4.69) is 22.1 Å². The minimum absolute atomic E-state index is 0.0335. The summed E-state index contributed by atoms with van der Waals surface area (Å²) in [4.78, 5) is 15.2. The summed E-state index contributed by atoms with van der Waals surface area (Å²) < 4.78 is 0. The van der Waals surface area contributed by atoms with Crippen LogP contribution in [0, 0.1) is 11.8 Å². The Labute approximate surface area is 86.5 Å². The van der Waals surface area contributed by atoms with Crippen LogP contribution < -0.4 is 11.1 Å². The second-order valence-electron chi connectivity index (χ2n) is 2.60. The van der Waals surface area contributed by atoms with Gasteiger partial charge in [0.2, 0.25) is 5.91 Å². The molecule has 1 heterocycles. The topological polar surface area (TPSA) is 68.0 Å². The number of aromatic nitrogens is 1. The largest absolute Gasteiger partial charge is 0.375 e. The molecule has 0 fully saturated rings. The van der Waals surface area contributed by atoms with Gasteiger partial charge in [-0.05, 0) is 0 Å². The van der Waals surface area contributed by atoms with Gasteiger partial charge in [0.25, 0.3) is 0 Å². The summed E-state index contributed by atoms with van der Waals surface area (Å²) in [5.74, 6) is 5.80. The zero-order valence-electron chi connectivity index (χ0n) is 7.83. The monoisotopic (exact) mass is 209 g/mol. The molecule has 0 spiro atoms. The van der Waals surface area contributed by atoms with Crippen molar-refractivity contribution in [2.75, 3.05) is 12.3 Å². The van der Waals surface area contributed by atoms with Crippen LogP contribution in [0.2, 0.25) is 0 Å². The van der Waals surface area contributed by atoms with E-state index in [1.54, 1.807) is 6.20 Å². The quantitative estimate of drug-likeness (QED) is 0.553. The summed E-state index contributed by atoms with van der Waals surface area (Å²) in [5, 5.41) is 3.18. The van der Waals surface area contributed by atoms with Crippen LogP contribution in [0.25, 0.3) is 0 Å². The first-order valence-electron chi connectivity index (χ1n) is 4.13. The summed E-state index contributed by atoms with van der Waals surface area (Å²) in [5.41, 5.74) is 5.43. The van der Waals surface area contributed by atoms with Gasteiger partial charge in [-0.1, -0.05) is 23.2 Å². The number of hydrogen-bond acceptors (Lipinski definition) is 4. The smallest absolute Gasteiger partial charge is 0.216 e. The molecule has 74 valence electrons. The predicted octanol–water partition coefficient (Wildman–Crippen LogP) is 0.603. The van der Waals surface area contributed by atoms with Crippen molar-refractivity contribution in [2.24, 2.45) is 0 Å². The van der Waals surface area contributed by atoms with Crippen LogP contribution in [-0.2, 0) is 4.79 Å². The summed E-state index contributed by atoms with van der Waals surface area (Å²) in [6, 6.07) is 0. The van der Waals surface area contributed by atoms with Crippen molar-refractivity contribution in [3.05, 3.63) is 11.1 Å². The molecule has 0 saturated heterocycles. The number of thiazole rings is 1. The first-order chi connectivity index (χ1) is 6.68. The Morgan fingerprint density at radius 3 is 3.14 bits per heavy atom. The normalized spacial score (nSPS) is 8.93. The Morgan fingerprint density at radius 2 is 2.57 bits per heavy atom. The molecular weight excluding hydrogens is 198 g/mol. The maximum Gasteiger partial charge on any atom is 0.216 e. The number of nitrogens with zero attached hydrogens (tertiary/aromatic N) is 1. The number of amides is 1. The fraction of sp³-hybridized carbons (Fsp3) is 0.333. The highest BCUT2D eigenvalue weighted by Gasteiger charge is 1.92. The maximum atomic E-state index is 10.5. The van der Waals surface area contributed by atoms with Crippen LogP contribution in [0.1, 0.15) is 18.2 Å². The molecule has 0 aromatic carbocycles. The molecule has 14 heavy (non-hydrogen) atoms. The molecule has 0 aliphatic rings. The lowest BCUT2D eigenvalue weighted by Gasteiger charge is -1.93. The summed E-state index contributed by atoms with van der Waals surface area (Å²) in [6.07, 6.45) is 2.28. The van der Waals surface area contributed by atoms with Crippen molar-refractivity contribution in [1.29, 1.82) is 0 Å². The summed E-state index contributed by atoms with van der Waals surface area (Å²) in [6.45, 7) is 2.06. The third kappa shape index (κ3) is 3.92. The van der Waals surface area contributed by atoms with Gasteiger partial charge in [0.05, 0.1) is 11.1 Å². The van der Waals surface area contributed by atoms with Gasteiger partial charge in [0.1, 0.15) is 0 Å². The van der Waals surface area contributed by atoms with Crippen LogP contribution in [0.15, 0.2) is 6.20 Å². The molecule has 0 aliphatic carbocycles. The van der Waals surface area contributed by atoms with Crippen LogP contribution in [0.5, 0.6) is 0 Å². The number of nitrogen functional groups attached to an aromatic ring is 1. The Balaban J connectivity index is 2.30. The van der Waals surface area contributed by atoms with E-state index in [0.717, 1.165) is 4.88 Å². The average molecular weight is 209 g/mol. The third-order valence-electron chi connectivity index (χ3n) is 1.36. The van der Waals surface area contributed by atoms with Gasteiger partial charge in [0.15, 0.2) is 5.13 Å². The van der Waals surface area contributed by atoms with Crippen LogP contribution >= 0.6 is 11.3 Å². The maximum absolute atomic E-state index is 10.5. The highest BCUT2D eigenvalue weighted by Crippen LogP contribution is 2.12. The highest BCUT2D eigenvalue weighted by molar-refractivity contribution is 7.15. The Hall–Kier alpha value is -1.54. The van der Waals surface area contributed by atoms with Gasteiger partial charge in [-0.15, -0.1) is 0 Å². The van der Waals surface area contributed by atoms with Crippen LogP contribution in [0.3, 0.4) is 0 Å². The lowest BCUT2D eigenvalue weighted by atomic mass is 10.4. The number of carbonyl (C=O) groups is 1. The number of nitrogens with one attached hydrogen (secondary N) is 1. The fourth-order valence-electron chi connectivity index (χ4n) is 0.796. The second-order valence-corrected chi connectivity index (χ2v) is 3.66. The van der Waals surface area contributed by atoms with Crippen molar-refractivity contribution in [1.82, 2.24) is 10.3 Å². The van der Waals surface area contributed by atoms with Gasteiger partial charge in [0, 0.05) is 19.9 Å². The summed E-state index contributed by atoms with van der Waals surface area (Å²) in [7, 11) is 0. The number of rotatable bonds is 2. The third-order valence-corrected chi connectivity index (χ3v) is 2.10. The Bertz CT molecular complexity index is 375. The zero-order valence-corrected chi connectivity index (χ0v) is 8.65. The lowest BCUT2D eigenvalue weighted by Crippen LogP contribution is -2.20. The van der Waals surface area contributed by atoms with Crippen molar-refractivity contribution >= 4 is 22.4 Å². The minimum Gasteiger partial charge on any atom is -0.375 e. The van der Waals surface area contributed by atoms with Gasteiger partial charge >= 0.3 is 0 Å². The van der Waals surface area contributed by atoms with E-state index in [0.29, 0.717) is 18.1 Å². The van der Waals surface area contributed by atoms with Gasteiger partial charge in [-0.2, -0.15) is 0 Å². The fourth-order valence-corrected chi connectivity index (χ4v) is 1.36. The van der Waals surface area contributed by atoms with E-state index in [4.69, 9.17) is 5.73 Å². The molecule has 0 saturated carbocycles. The SMILES string of the molecule is CC(=O)NCCC#Cc1cnc(N)s1. The molecule has 0 bridgehead atoms. The van der Waals surface area contributed by atoms with Crippen molar-refractivity contribution in [2.45, 2.75) is 13.3 Å². The van der Waals surface area contributed by atoms with E-state index in [1.165, 1.54) is 18.3 Å². The lowest BCUT2D eigenvalue weighted by molar-refractivity contribution is -0.118. The van der Waals surface area contributed by atoms with Gasteiger partial charge < -0.3 is 11.1 Å². The molecule has 1 rings (SSSR count). The van der Waals surface area contributed by atoms with E-state index in [9.17, 15) is 4.79 Å². The highest BCUT2D eigenvalue weighted by atomic mass is 32.1. The van der Waals surface area contributed by atoms with Crippen LogP contribution in [0.4, 0.5) is 5.13 Å². The molecule has 1 aromatic rings. The molecule has 4 nitrogen and oxygen atoms in total. The van der Waals surface area contributed by atoms with Gasteiger partial charge in [-0.25, -0.2) is 4.98 Å². The van der Waals surface area contributed by atoms with Crippen molar-refractivity contribution in [3.8, 4) is 11.8 Å². The van der Waals surface area contributed by atoms with E-state index in [1.807, 2.05) is 0 Å². The summed E-state index contributed by atoms with van der Waals surface area (Å²) >= 11 is 1.36. The minimum atomic E-state index is -0.0335. The number of nitrogens with two attached hydrogens (primary N) is 1. The van der Waals surface area contributed by atoms with E-state index < -0.39 is 0 Å². The molecular formula is C9H11N3OS. The van der Waals surface area contributed by atoms with E-state index >= 15 is 0 Å². The average Bonchev–Trinajstić information content (AvgIpc) is 2.50. The number of hydrogen-bond donors (Lipinski definition) is 2. The number of carbonyl (C=O) groups excluding carboxylic acids is 1. The van der Waals surface area contributed by atoms with E-state index in [-0.39, 0.29) is 5.91 Å². The molecule has 0 atom stereocenters.